The number of hydrogen-bond donors (Lipinski definition) is 2. The molecule has 1 aromatic carbocycles. The lowest BCUT2D eigenvalue weighted by Crippen LogP contribution is -2.06. The molecule has 25 heavy (non-hydrogen) atoms. The Morgan fingerprint density at radius 1 is 0.840 bits per heavy atom. The van der Waals surface area contributed by atoms with Crippen LogP contribution in [0.4, 0.5) is 0 Å². The van der Waals surface area contributed by atoms with E-state index in [4.69, 9.17) is 4.74 Å². The van der Waals surface area contributed by atoms with E-state index in [2.05, 4.69) is 6.92 Å². The molecule has 1 aromatic rings. The maximum absolute atomic E-state index is 11.8. The van der Waals surface area contributed by atoms with Gasteiger partial charge in [0.1, 0.15) is 17.1 Å². The van der Waals surface area contributed by atoms with Gasteiger partial charge in [0.15, 0.2) is 0 Å². The van der Waals surface area contributed by atoms with E-state index in [-0.39, 0.29) is 17.1 Å². The molecule has 0 spiro atoms. The third kappa shape index (κ3) is 10.0. The van der Waals surface area contributed by atoms with Gasteiger partial charge in [-0.05, 0) is 18.6 Å². The molecule has 0 aliphatic heterocycles. The van der Waals surface area contributed by atoms with Crippen LogP contribution in [0.1, 0.15) is 94.3 Å². The predicted molar refractivity (Wildman–Crippen MR) is 101 cm³/mol. The zero-order valence-corrected chi connectivity index (χ0v) is 15.6. The summed E-state index contributed by atoms with van der Waals surface area (Å²) in [6.45, 7) is 2.62. The van der Waals surface area contributed by atoms with Crippen molar-refractivity contribution in [1.29, 1.82) is 0 Å². The van der Waals surface area contributed by atoms with Crippen molar-refractivity contribution in [3.05, 3.63) is 23.8 Å². The third-order valence-corrected chi connectivity index (χ3v) is 4.43. The van der Waals surface area contributed by atoms with Crippen LogP contribution in [0.2, 0.25) is 0 Å². The predicted octanol–water partition coefficient (Wildman–Crippen LogP) is 5.96. The van der Waals surface area contributed by atoms with Crippen LogP contribution >= 0.6 is 0 Å². The summed E-state index contributed by atoms with van der Waals surface area (Å²) >= 11 is 0. The second-order valence-corrected chi connectivity index (χ2v) is 6.73. The highest BCUT2D eigenvalue weighted by atomic mass is 16.5. The van der Waals surface area contributed by atoms with Crippen LogP contribution in [0, 0.1) is 0 Å². The summed E-state index contributed by atoms with van der Waals surface area (Å²) in [4.78, 5) is 11.8. The Labute approximate surface area is 152 Å². The summed E-state index contributed by atoms with van der Waals surface area (Å²) < 4.78 is 5.16. The Bertz CT molecular complexity index is 485. The highest BCUT2D eigenvalue weighted by Crippen LogP contribution is 2.23. The smallest absolute Gasteiger partial charge is 0.341 e. The lowest BCUT2D eigenvalue weighted by molar-refractivity contribution is 0.0494. The van der Waals surface area contributed by atoms with Gasteiger partial charge in [-0.3, -0.25) is 0 Å². The van der Waals surface area contributed by atoms with Gasteiger partial charge >= 0.3 is 5.97 Å². The average Bonchev–Trinajstić information content (AvgIpc) is 2.58. The molecule has 0 amide bonds. The van der Waals surface area contributed by atoms with E-state index in [1.165, 1.54) is 76.3 Å². The second kappa shape index (κ2) is 13.6. The lowest BCUT2D eigenvalue weighted by atomic mass is 10.1. The van der Waals surface area contributed by atoms with Gasteiger partial charge < -0.3 is 14.9 Å². The van der Waals surface area contributed by atoms with Crippen molar-refractivity contribution in [1.82, 2.24) is 0 Å². The zero-order chi connectivity index (χ0) is 18.3. The molecule has 0 bridgehead atoms. The van der Waals surface area contributed by atoms with E-state index in [1.54, 1.807) is 0 Å². The highest BCUT2D eigenvalue weighted by Gasteiger charge is 2.12. The molecule has 4 heteroatoms. The Balaban J connectivity index is 1.94. The molecule has 0 radical (unpaired) electrons. The van der Waals surface area contributed by atoms with Gasteiger partial charge in [0.05, 0.1) is 6.61 Å². The van der Waals surface area contributed by atoms with Gasteiger partial charge in [0.25, 0.3) is 0 Å². The van der Waals surface area contributed by atoms with Crippen molar-refractivity contribution in [2.45, 2.75) is 84.0 Å². The molecule has 142 valence electrons. The molecule has 0 aliphatic carbocycles. The van der Waals surface area contributed by atoms with E-state index in [0.717, 1.165) is 18.9 Å². The number of esters is 1. The molecule has 0 fully saturated rings. The minimum atomic E-state index is -0.541. The fraction of sp³-hybridized carbons (Fsp3) is 0.667. The molecule has 0 saturated carbocycles. The fourth-order valence-electron chi connectivity index (χ4n) is 2.88. The van der Waals surface area contributed by atoms with Crippen molar-refractivity contribution in [2.75, 3.05) is 6.61 Å². The van der Waals surface area contributed by atoms with Gasteiger partial charge in [-0.25, -0.2) is 4.79 Å². The molecule has 0 heterocycles. The van der Waals surface area contributed by atoms with E-state index in [9.17, 15) is 15.0 Å². The number of hydrogen-bond acceptors (Lipinski definition) is 4. The summed E-state index contributed by atoms with van der Waals surface area (Å²) in [5.41, 5.74) is 0.0942. The topological polar surface area (TPSA) is 66.8 Å². The number of carbonyl (C=O) groups is 1. The molecule has 0 unspecified atom stereocenters. The molecule has 2 N–H and O–H groups in total. The summed E-state index contributed by atoms with van der Waals surface area (Å²) in [6, 6.07) is 3.87. The van der Waals surface area contributed by atoms with Crippen LogP contribution in [-0.2, 0) is 4.74 Å². The fourth-order valence-corrected chi connectivity index (χ4v) is 2.88. The Morgan fingerprint density at radius 3 is 1.88 bits per heavy atom. The van der Waals surface area contributed by atoms with Gasteiger partial charge in [0, 0.05) is 6.07 Å². The lowest BCUT2D eigenvalue weighted by Gasteiger charge is -2.07. The molecular formula is C21H34O4. The van der Waals surface area contributed by atoms with Gasteiger partial charge in [-0.2, -0.15) is 0 Å². The SMILES string of the molecule is CCCCCCCCCCCCCCOC(=O)c1ccc(O)cc1O. The van der Waals surface area contributed by atoms with Gasteiger partial charge in [-0.15, -0.1) is 0 Å². The van der Waals surface area contributed by atoms with E-state index < -0.39 is 5.97 Å². The molecular weight excluding hydrogens is 316 g/mol. The van der Waals surface area contributed by atoms with Gasteiger partial charge in [-0.1, -0.05) is 77.6 Å². The second-order valence-electron chi connectivity index (χ2n) is 6.73. The molecule has 1 rings (SSSR count). The van der Waals surface area contributed by atoms with Crippen LogP contribution in [-0.4, -0.2) is 22.8 Å². The summed E-state index contributed by atoms with van der Waals surface area (Å²) in [5, 5.41) is 18.8. The molecule has 0 atom stereocenters. The van der Waals surface area contributed by atoms with Crippen LogP contribution in [0.25, 0.3) is 0 Å². The largest absolute Gasteiger partial charge is 0.508 e. The van der Waals surface area contributed by atoms with Crippen LogP contribution < -0.4 is 0 Å². The van der Waals surface area contributed by atoms with Crippen LogP contribution in [0.3, 0.4) is 0 Å². The monoisotopic (exact) mass is 350 g/mol. The van der Waals surface area contributed by atoms with Crippen LogP contribution in [0.5, 0.6) is 11.5 Å². The molecule has 4 nitrogen and oxygen atoms in total. The first kappa shape index (κ1) is 21.3. The van der Waals surface area contributed by atoms with E-state index in [0.29, 0.717) is 6.61 Å². The van der Waals surface area contributed by atoms with Crippen molar-refractivity contribution in [2.24, 2.45) is 0 Å². The molecule has 0 aliphatic rings. The summed E-state index contributed by atoms with van der Waals surface area (Å²) in [7, 11) is 0. The normalized spacial score (nSPS) is 10.8. The van der Waals surface area contributed by atoms with E-state index in [1.807, 2.05) is 0 Å². The van der Waals surface area contributed by atoms with E-state index >= 15 is 0 Å². The Hall–Kier alpha value is -1.71. The van der Waals surface area contributed by atoms with Crippen molar-refractivity contribution in [3.8, 4) is 11.5 Å². The molecule has 0 saturated heterocycles. The first-order valence-corrected chi connectivity index (χ1v) is 9.84. The first-order chi connectivity index (χ1) is 12.1. The summed E-state index contributed by atoms with van der Waals surface area (Å²) in [5.74, 6) is -0.865. The number of benzene rings is 1. The quantitative estimate of drug-likeness (QED) is 0.321. The average molecular weight is 350 g/mol. The molecule has 0 aromatic heterocycles. The minimum Gasteiger partial charge on any atom is -0.508 e. The number of aromatic hydroxyl groups is 2. The standard InChI is InChI=1S/C21H34O4/c1-2-3-4-5-6-7-8-9-10-11-12-13-16-25-21(24)19-15-14-18(22)17-20(19)23/h14-15,17,22-23H,2-13,16H2,1H3. The van der Waals surface area contributed by atoms with Gasteiger partial charge in [0.2, 0.25) is 0 Å². The first-order valence-electron chi connectivity index (χ1n) is 9.84. The highest BCUT2D eigenvalue weighted by molar-refractivity contribution is 5.92. The number of ether oxygens (including phenoxy) is 1. The maximum Gasteiger partial charge on any atom is 0.341 e. The zero-order valence-electron chi connectivity index (χ0n) is 15.6. The maximum atomic E-state index is 11.8. The summed E-state index contributed by atoms with van der Waals surface area (Å²) in [6.07, 6.45) is 15.2. The van der Waals surface area contributed by atoms with Crippen molar-refractivity contribution >= 4 is 5.97 Å². The Morgan fingerprint density at radius 2 is 1.36 bits per heavy atom. The number of unbranched alkanes of at least 4 members (excludes halogenated alkanes) is 11. The van der Waals surface area contributed by atoms with Crippen LogP contribution in [0.15, 0.2) is 18.2 Å². The number of phenolic OH excluding ortho intramolecular Hbond substituents is 2. The Kier molecular flexibility index (Phi) is 11.6. The number of rotatable bonds is 14. The number of carbonyl (C=O) groups excluding carboxylic acids is 1. The minimum absolute atomic E-state index is 0.0741. The van der Waals surface area contributed by atoms with Crippen molar-refractivity contribution in [3.63, 3.8) is 0 Å². The third-order valence-electron chi connectivity index (χ3n) is 4.43. The number of phenols is 2. The van der Waals surface area contributed by atoms with Crippen molar-refractivity contribution < 1.29 is 19.7 Å².